The van der Waals surface area contributed by atoms with Crippen LogP contribution in [-0.2, 0) is 0 Å². The Bertz CT molecular complexity index is 199. The minimum atomic E-state index is 0.621. The zero-order valence-electron chi connectivity index (χ0n) is 10.3. The van der Waals surface area contributed by atoms with E-state index in [0.717, 1.165) is 13.1 Å². The minimum absolute atomic E-state index is 0.621. The third kappa shape index (κ3) is 5.33. The van der Waals surface area contributed by atoms with Crippen molar-refractivity contribution in [1.82, 2.24) is 4.90 Å². The average Bonchev–Trinajstić information content (AvgIpc) is 2.27. The van der Waals surface area contributed by atoms with E-state index in [1.54, 1.807) is 5.57 Å². The summed E-state index contributed by atoms with van der Waals surface area (Å²) in [5, 5.41) is 0. The van der Waals surface area contributed by atoms with Gasteiger partial charge in [0.1, 0.15) is 0 Å². The highest BCUT2D eigenvalue weighted by molar-refractivity contribution is 5.05. The fraction of sp³-hybridized carbons (Fsp3) is 0.846. The normalized spacial score (nSPS) is 19.1. The number of allylic oxidation sites excluding steroid dienone is 1. The molecule has 15 heavy (non-hydrogen) atoms. The van der Waals surface area contributed by atoms with E-state index in [1.807, 2.05) is 0 Å². The molecule has 0 saturated carbocycles. The molecule has 0 fully saturated rings. The summed E-state index contributed by atoms with van der Waals surface area (Å²) in [7, 11) is 2.20. The Labute approximate surface area is 94.5 Å². The maximum atomic E-state index is 5.62. The number of hydrogen-bond acceptors (Lipinski definition) is 2. The highest BCUT2D eigenvalue weighted by Gasteiger charge is 2.07. The van der Waals surface area contributed by atoms with E-state index in [-0.39, 0.29) is 0 Å². The van der Waals surface area contributed by atoms with E-state index in [2.05, 4.69) is 24.9 Å². The Morgan fingerprint density at radius 1 is 1.47 bits per heavy atom. The molecule has 0 amide bonds. The van der Waals surface area contributed by atoms with Crippen molar-refractivity contribution in [2.45, 2.75) is 39.0 Å². The van der Waals surface area contributed by atoms with Gasteiger partial charge >= 0.3 is 0 Å². The summed E-state index contributed by atoms with van der Waals surface area (Å²) in [4.78, 5) is 2.41. The molecule has 0 aromatic heterocycles. The molecule has 0 bridgehead atoms. The Morgan fingerprint density at radius 3 is 2.87 bits per heavy atom. The Hall–Kier alpha value is -0.340. The van der Waals surface area contributed by atoms with E-state index in [4.69, 9.17) is 5.73 Å². The molecule has 1 aliphatic rings. The van der Waals surface area contributed by atoms with Crippen LogP contribution in [0, 0.1) is 5.92 Å². The highest BCUT2D eigenvalue weighted by atomic mass is 15.1. The van der Waals surface area contributed by atoms with Crippen molar-refractivity contribution in [1.29, 1.82) is 0 Å². The van der Waals surface area contributed by atoms with Gasteiger partial charge in [0.25, 0.3) is 0 Å². The smallest absolute Gasteiger partial charge is 0.00161 e. The van der Waals surface area contributed by atoms with Crippen molar-refractivity contribution in [2.75, 3.05) is 26.7 Å². The van der Waals surface area contributed by atoms with Gasteiger partial charge in [0.15, 0.2) is 0 Å². The summed E-state index contributed by atoms with van der Waals surface area (Å²) < 4.78 is 0. The van der Waals surface area contributed by atoms with E-state index in [0.29, 0.717) is 5.92 Å². The molecule has 0 saturated heterocycles. The first-order chi connectivity index (χ1) is 7.22. The second kappa shape index (κ2) is 7.02. The minimum Gasteiger partial charge on any atom is -0.330 e. The molecule has 88 valence electrons. The molecule has 0 radical (unpaired) electrons. The molecular formula is C13H26N2. The zero-order chi connectivity index (χ0) is 11.1. The Kier molecular flexibility index (Phi) is 5.96. The quantitative estimate of drug-likeness (QED) is 0.682. The monoisotopic (exact) mass is 210 g/mol. The summed E-state index contributed by atoms with van der Waals surface area (Å²) in [6.07, 6.45) is 9.13. The lowest BCUT2D eigenvalue weighted by Crippen LogP contribution is -2.29. The Balaban J connectivity index is 2.15. The van der Waals surface area contributed by atoms with Crippen molar-refractivity contribution < 1.29 is 0 Å². The van der Waals surface area contributed by atoms with E-state index < -0.39 is 0 Å². The molecular weight excluding hydrogens is 184 g/mol. The zero-order valence-corrected chi connectivity index (χ0v) is 10.3. The number of nitrogens with zero attached hydrogens (tertiary/aromatic N) is 1. The topological polar surface area (TPSA) is 29.3 Å². The van der Waals surface area contributed by atoms with Crippen LogP contribution in [0.3, 0.4) is 0 Å². The van der Waals surface area contributed by atoms with Gasteiger partial charge in [0, 0.05) is 13.1 Å². The van der Waals surface area contributed by atoms with Gasteiger partial charge in [-0.15, -0.1) is 0 Å². The average molecular weight is 210 g/mol. The van der Waals surface area contributed by atoms with Gasteiger partial charge in [-0.1, -0.05) is 18.6 Å². The molecule has 1 rings (SSSR count). The van der Waals surface area contributed by atoms with Gasteiger partial charge < -0.3 is 10.6 Å². The first kappa shape index (κ1) is 12.7. The summed E-state index contributed by atoms with van der Waals surface area (Å²) >= 11 is 0. The lowest BCUT2D eigenvalue weighted by molar-refractivity contribution is 0.290. The SMILES string of the molecule is CC(CN)CN(C)CCC1=CCCCC1. The summed E-state index contributed by atoms with van der Waals surface area (Å²) in [5.41, 5.74) is 7.30. The van der Waals surface area contributed by atoms with Crippen LogP contribution in [0.15, 0.2) is 11.6 Å². The van der Waals surface area contributed by atoms with Gasteiger partial charge in [0.05, 0.1) is 0 Å². The molecule has 0 spiro atoms. The van der Waals surface area contributed by atoms with Crippen molar-refractivity contribution in [3.8, 4) is 0 Å². The van der Waals surface area contributed by atoms with Crippen molar-refractivity contribution in [2.24, 2.45) is 11.7 Å². The van der Waals surface area contributed by atoms with Crippen molar-refractivity contribution in [3.05, 3.63) is 11.6 Å². The molecule has 0 aromatic carbocycles. The lowest BCUT2D eigenvalue weighted by atomic mass is 9.97. The van der Waals surface area contributed by atoms with Gasteiger partial charge in [-0.3, -0.25) is 0 Å². The number of hydrogen-bond donors (Lipinski definition) is 1. The lowest BCUT2D eigenvalue weighted by Gasteiger charge is -2.21. The molecule has 0 aromatic rings. The van der Waals surface area contributed by atoms with Crippen LogP contribution in [-0.4, -0.2) is 31.6 Å². The molecule has 1 unspecified atom stereocenters. The van der Waals surface area contributed by atoms with E-state index in [1.165, 1.54) is 38.6 Å². The molecule has 1 aliphatic carbocycles. The van der Waals surface area contributed by atoms with Crippen LogP contribution in [0.5, 0.6) is 0 Å². The van der Waals surface area contributed by atoms with Gasteiger partial charge in [-0.2, -0.15) is 0 Å². The van der Waals surface area contributed by atoms with Crippen molar-refractivity contribution in [3.63, 3.8) is 0 Å². The second-order valence-corrected chi connectivity index (χ2v) is 4.96. The molecule has 1 atom stereocenters. The van der Waals surface area contributed by atoms with Crippen LogP contribution in [0.4, 0.5) is 0 Å². The van der Waals surface area contributed by atoms with Crippen molar-refractivity contribution >= 4 is 0 Å². The molecule has 2 N–H and O–H groups in total. The predicted molar refractivity (Wildman–Crippen MR) is 66.9 cm³/mol. The molecule has 2 heteroatoms. The summed E-state index contributed by atoms with van der Waals surface area (Å²) in [5.74, 6) is 0.621. The van der Waals surface area contributed by atoms with E-state index in [9.17, 15) is 0 Å². The van der Waals surface area contributed by atoms with Gasteiger partial charge in [0.2, 0.25) is 0 Å². The maximum Gasteiger partial charge on any atom is 0.00161 e. The first-order valence-corrected chi connectivity index (χ1v) is 6.29. The fourth-order valence-electron chi connectivity index (χ4n) is 2.16. The summed E-state index contributed by atoms with van der Waals surface area (Å²) in [6.45, 7) is 5.34. The van der Waals surface area contributed by atoms with Crippen LogP contribution in [0.25, 0.3) is 0 Å². The third-order valence-corrected chi connectivity index (χ3v) is 3.23. The maximum absolute atomic E-state index is 5.62. The van der Waals surface area contributed by atoms with Gasteiger partial charge in [-0.25, -0.2) is 0 Å². The standard InChI is InChI=1S/C13H26N2/c1-12(10-14)11-15(2)9-8-13-6-4-3-5-7-13/h6,12H,3-5,7-11,14H2,1-2H3. The second-order valence-electron chi connectivity index (χ2n) is 4.96. The Morgan fingerprint density at radius 2 is 2.27 bits per heavy atom. The fourth-order valence-corrected chi connectivity index (χ4v) is 2.16. The molecule has 2 nitrogen and oxygen atoms in total. The van der Waals surface area contributed by atoms with Crippen LogP contribution in [0.2, 0.25) is 0 Å². The highest BCUT2D eigenvalue weighted by Crippen LogP contribution is 2.20. The van der Waals surface area contributed by atoms with Crippen LogP contribution >= 0.6 is 0 Å². The number of nitrogens with two attached hydrogens (primary N) is 1. The van der Waals surface area contributed by atoms with Crippen LogP contribution in [0.1, 0.15) is 39.0 Å². The largest absolute Gasteiger partial charge is 0.330 e. The molecule has 0 heterocycles. The van der Waals surface area contributed by atoms with Crippen LogP contribution < -0.4 is 5.73 Å². The predicted octanol–water partition coefficient (Wildman–Crippen LogP) is 2.40. The van der Waals surface area contributed by atoms with E-state index >= 15 is 0 Å². The van der Waals surface area contributed by atoms with Gasteiger partial charge in [-0.05, 0) is 51.6 Å². The molecule has 0 aliphatic heterocycles. The third-order valence-electron chi connectivity index (χ3n) is 3.23. The number of rotatable bonds is 6. The first-order valence-electron chi connectivity index (χ1n) is 6.29. The summed E-state index contributed by atoms with van der Waals surface area (Å²) in [6, 6.07) is 0.